The van der Waals surface area contributed by atoms with E-state index in [0.29, 0.717) is 11.6 Å². The minimum absolute atomic E-state index is 0.420. The fourth-order valence-corrected chi connectivity index (χ4v) is 1.83. The lowest BCUT2D eigenvalue weighted by molar-refractivity contribution is 0.198. The third kappa shape index (κ3) is 3.25. The molecule has 2 rings (SSSR count). The number of hydrogen-bond donors (Lipinski definition) is 1. The SMILES string of the molecule is C[C@@H](O)c1cccc(OCc2ccccc2Cl)c1. The number of hydrogen-bond acceptors (Lipinski definition) is 2. The maximum absolute atomic E-state index is 9.50. The van der Waals surface area contributed by atoms with Gasteiger partial charge in [0, 0.05) is 10.6 Å². The molecule has 0 heterocycles. The maximum atomic E-state index is 9.50. The summed E-state index contributed by atoms with van der Waals surface area (Å²) in [6.45, 7) is 2.15. The van der Waals surface area contributed by atoms with E-state index in [1.165, 1.54) is 0 Å². The van der Waals surface area contributed by atoms with Crippen molar-refractivity contribution in [2.45, 2.75) is 19.6 Å². The quantitative estimate of drug-likeness (QED) is 0.903. The lowest BCUT2D eigenvalue weighted by atomic mass is 10.1. The van der Waals surface area contributed by atoms with Crippen LogP contribution in [0.4, 0.5) is 0 Å². The van der Waals surface area contributed by atoms with Crippen LogP contribution < -0.4 is 4.74 Å². The largest absolute Gasteiger partial charge is 0.489 e. The number of benzene rings is 2. The molecule has 2 nitrogen and oxygen atoms in total. The normalized spacial score (nSPS) is 12.2. The molecule has 3 heteroatoms. The van der Waals surface area contributed by atoms with Gasteiger partial charge in [-0.15, -0.1) is 0 Å². The first-order valence-electron chi connectivity index (χ1n) is 5.81. The average molecular weight is 263 g/mol. The van der Waals surface area contributed by atoms with E-state index in [2.05, 4.69) is 0 Å². The first-order valence-corrected chi connectivity index (χ1v) is 6.19. The summed E-state index contributed by atoms with van der Waals surface area (Å²) in [5, 5.41) is 10.2. The first kappa shape index (κ1) is 12.9. The molecule has 0 aliphatic heterocycles. The van der Waals surface area contributed by atoms with E-state index < -0.39 is 6.10 Å². The van der Waals surface area contributed by atoms with Crippen molar-refractivity contribution in [3.63, 3.8) is 0 Å². The van der Waals surface area contributed by atoms with Crippen LogP contribution in [0.1, 0.15) is 24.2 Å². The molecule has 0 aliphatic carbocycles. The molecule has 0 saturated carbocycles. The van der Waals surface area contributed by atoms with Gasteiger partial charge in [-0.1, -0.05) is 41.9 Å². The maximum Gasteiger partial charge on any atom is 0.120 e. The molecule has 94 valence electrons. The van der Waals surface area contributed by atoms with Crippen LogP contribution in [-0.2, 0) is 6.61 Å². The van der Waals surface area contributed by atoms with Gasteiger partial charge >= 0.3 is 0 Å². The van der Waals surface area contributed by atoms with Gasteiger partial charge in [-0.25, -0.2) is 0 Å². The van der Waals surface area contributed by atoms with Crippen molar-refractivity contribution in [2.24, 2.45) is 0 Å². The van der Waals surface area contributed by atoms with Crippen molar-refractivity contribution in [3.8, 4) is 5.75 Å². The summed E-state index contributed by atoms with van der Waals surface area (Å²) in [6, 6.07) is 15.0. The van der Waals surface area contributed by atoms with Crippen LogP contribution in [0.15, 0.2) is 48.5 Å². The van der Waals surface area contributed by atoms with Gasteiger partial charge in [-0.2, -0.15) is 0 Å². The van der Waals surface area contributed by atoms with Gasteiger partial charge in [0.2, 0.25) is 0 Å². The molecule has 0 amide bonds. The van der Waals surface area contributed by atoms with Crippen molar-refractivity contribution >= 4 is 11.6 Å². The number of aliphatic hydroxyl groups excluding tert-OH is 1. The van der Waals surface area contributed by atoms with Crippen molar-refractivity contribution < 1.29 is 9.84 Å². The predicted molar refractivity (Wildman–Crippen MR) is 72.9 cm³/mol. The fraction of sp³-hybridized carbons (Fsp3) is 0.200. The molecule has 0 aliphatic rings. The van der Waals surface area contributed by atoms with E-state index in [-0.39, 0.29) is 0 Å². The number of aliphatic hydroxyl groups is 1. The summed E-state index contributed by atoms with van der Waals surface area (Å²) in [6.07, 6.45) is -0.492. The van der Waals surface area contributed by atoms with Crippen molar-refractivity contribution in [1.29, 1.82) is 0 Å². The van der Waals surface area contributed by atoms with Gasteiger partial charge in [-0.05, 0) is 30.7 Å². The predicted octanol–water partition coefficient (Wildman–Crippen LogP) is 3.97. The van der Waals surface area contributed by atoms with Crippen LogP contribution >= 0.6 is 11.6 Å². The lowest BCUT2D eigenvalue weighted by Gasteiger charge is -2.10. The van der Waals surface area contributed by atoms with E-state index in [0.717, 1.165) is 16.9 Å². The molecule has 1 atom stereocenters. The van der Waals surface area contributed by atoms with Crippen LogP contribution in [0.25, 0.3) is 0 Å². The average Bonchev–Trinajstić information content (AvgIpc) is 2.38. The Kier molecular flexibility index (Phi) is 4.24. The van der Waals surface area contributed by atoms with Crippen LogP contribution in [0.3, 0.4) is 0 Å². The Morgan fingerprint density at radius 1 is 1.17 bits per heavy atom. The van der Waals surface area contributed by atoms with Crippen LogP contribution in [0.5, 0.6) is 5.75 Å². The minimum atomic E-state index is -0.492. The Bertz CT molecular complexity index is 523. The Balaban J connectivity index is 2.07. The van der Waals surface area contributed by atoms with Gasteiger partial charge in [0.25, 0.3) is 0 Å². The molecule has 1 N–H and O–H groups in total. The van der Waals surface area contributed by atoms with Crippen molar-refractivity contribution in [2.75, 3.05) is 0 Å². The second kappa shape index (κ2) is 5.89. The monoisotopic (exact) mass is 262 g/mol. The Morgan fingerprint density at radius 2 is 1.94 bits per heavy atom. The van der Waals surface area contributed by atoms with Gasteiger partial charge in [-0.3, -0.25) is 0 Å². The molecule has 0 bridgehead atoms. The zero-order chi connectivity index (χ0) is 13.0. The molecular weight excluding hydrogens is 248 g/mol. The second-order valence-electron chi connectivity index (χ2n) is 4.13. The summed E-state index contributed by atoms with van der Waals surface area (Å²) in [4.78, 5) is 0. The topological polar surface area (TPSA) is 29.5 Å². The molecule has 0 aromatic heterocycles. The highest BCUT2D eigenvalue weighted by atomic mass is 35.5. The van der Waals surface area contributed by atoms with E-state index in [9.17, 15) is 5.11 Å². The van der Waals surface area contributed by atoms with Gasteiger partial charge in [0.15, 0.2) is 0 Å². The molecule has 0 spiro atoms. The summed E-state index contributed by atoms with van der Waals surface area (Å²) >= 11 is 6.05. The van der Waals surface area contributed by atoms with E-state index in [4.69, 9.17) is 16.3 Å². The number of halogens is 1. The molecule has 18 heavy (non-hydrogen) atoms. The Morgan fingerprint density at radius 3 is 2.67 bits per heavy atom. The molecule has 0 unspecified atom stereocenters. The summed E-state index contributed by atoms with van der Waals surface area (Å²) in [5.41, 5.74) is 1.79. The van der Waals surface area contributed by atoms with Crippen LogP contribution in [0.2, 0.25) is 5.02 Å². The second-order valence-corrected chi connectivity index (χ2v) is 4.54. The first-order chi connectivity index (χ1) is 8.66. The highest BCUT2D eigenvalue weighted by Gasteiger charge is 2.04. The summed E-state index contributed by atoms with van der Waals surface area (Å²) < 4.78 is 5.67. The zero-order valence-electron chi connectivity index (χ0n) is 10.1. The van der Waals surface area contributed by atoms with E-state index >= 15 is 0 Å². The number of ether oxygens (including phenoxy) is 1. The van der Waals surface area contributed by atoms with Crippen LogP contribution in [-0.4, -0.2) is 5.11 Å². The van der Waals surface area contributed by atoms with Gasteiger partial charge in [0.1, 0.15) is 12.4 Å². The van der Waals surface area contributed by atoms with Crippen molar-refractivity contribution in [1.82, 2.24) is 0 Å². The minimum Gasteiger partial charge on any atom is -0.489 e. The molecule has 2 aromatic rings. The molecule has 0 saturated heterocycles. The lowest BCUT2D eigenvalue weighted by Crippen LogP contribution is -1.97. The number of rotatable bonds is 4. The Hall–Kier alpha value is -1.51. The molecule has 0 radical (unpaired) electrons. The zero-order valence-corrected chi connectivity index (χ0v) is 10.9. The highest BCUT2D eigenvalue weighted by molar-refractivity contribution is 6.31. The molecular formula is C15H15ClO2. The standard InChI is InChI=1S/C15H15ClO2/c1-11(17)12-6-4-7-14(9-12)18-10-13-5-2-3-8-15(13)16/h2-9,11,17H,10H2,1H3/t11-/m1/s1. The molecule has 2 aromatic carbocycles. The van der Waals surface area contributed by atoms with E-state index in [1.54, 1.807) is 6.92 Å². The van der Waals surface area contributed by atoms with Gasteiger partial charge < -0.3 is 9.84 Å². The van der Waals surface area contributed by atoms with E-state index in [1.807, 2.05) is 48.5 Å². The van der Waals surface area contributed by atoms with Crippen molar-refractivity contribution in [3.05, 3.63) is 64.7 Å². The Labute approximate surface area is 112 Å². The summed E-state index contributed by atoms with van der Waals surface area (Å²) in [5.74, 6) is 0.730. The fourth-order valence-electron chi connectivity index (χ4n) is 1.64. The summed E-state index contributed by atoms with van der Waals surface area (Å²) in [7, 11) is 0. The third-order valence-electron chi connectivity index (χ3n) is 2.69. The third-order valence-corrected chi connectivity index (χ3v) is 3.06. The highest BCUT2D eigenvalue weighted by Crippen LogP contribution is 2.21. The van der Waals surface area contributed by atoms with Crippen LogP contribution in [0, 0.1) is 0 Å². The smallest absolute Gasteiger partial charge is 0.120 e. The van der Waals surface area contributed by atoms with Gasteiger partial charge in [0.05, 0.1) is 6.10 Å². The molecule has 0 fully saturated rings.